The minimum atomic E-state index is 0.223. The van der Waals surface area contributed by atoms with Crippen LogP contribution in [0.1, 0.15) is 39.0 Å². The van der Waals surface area contributed by atoms with E-state index in [2.05, 4.69) is 39.5 Å². The summed E-state index contributed by atoms with van der Waals surface area (Å²) in [5, 5.41) is 25.3. The van der Waals surface area contributed by atoms with E-state index < -0.39 is 0 Å². The molecule has 136 valence electrons. The molecular weight excluding hydrogens is 312 g/mol. The van der Waals surface area contributed by atoms with Crippen LogP contribution in [0, 0.1) is 28.6 Å². The highest BCUT2D eigenvalue weighted by molar-refractivity contribution is 5.40. The van der Waals surface area contributed by atoms with Crippen molar-refractivity contribution < 1.29 is 0 Å². The zero-order valence-electron chi connectivity index (χ0n) is 15.3. The lowest BCUT2D eigenvalue weighted by Crippen LogP contribution is -2.49. The smallest absolute Gasteiger partial charge is 0.169 e. The van der Waals surface area contributed by atoms with E-state index in [-0.39, 0.29) is 5.57 Å². The van der Waals surface area contributed by atoms with Crippen LogP contribution in [0.3, 0.4) is 0 Å². The molecule has 0 aliphatic carbocycles. The minimum absolute atomic E-state index is 0.223. The maximum absolute atomic E-state index is 9.24. The molecule has 0 aromatic rings. The van der Waals surface area contributed by atoms with E-state index >= 15 is 0 Å². The standard InChI is InChI=1S/C19H30N6/c1-15-4-2-9-24(15)10-3-5-16-14-22-7-6-18(16)25-11-8-23-19(25)17(12-20)13-21/h15-16,18,22-23H,2-11,14H2,1H3. The monoisotopic (exact) mass is 342 g/mol. The van der Waals surface area contributed by atoms with E-state index in [1.165, 1.54) is 38.8 Å². The summed E-state index contributed by atoms with van der Waals surface area (Å²) < 4.78 is 0. The Morgan fingerprint density at radius 3 is 2.76 bits per heavy atom. The first kappa shape index (κ1) is 18.0. The Kier molecular flexibility index (Phi) is 6.18. The zero-order valence-corrected chi connectivity index (χ0v) is 15.3. The number of piperidine rings is 1. The lowest BCUT2D eigenvalue weighted by molar-refractivity contribution is 0.148. The molecule has 6 nitrogen and oxygen atoms in total. The molecule has 3 unspecified atom stereocenters. The highest BCUT2D eigenvalue weighted by atomic mass is 15.3. The van der Waals surface area contributed by atoms with Crippen molar-refractivity contribution in [3.05, 3.63) is 11.4 Å². The SMILES string of the molecule is CC1CCCN1CCCC1CNCCC1N1CCNC1=C(C#N)C#N. The summed E-state index contributed by atoms with van der Waals surface area (Å²) in [7, 11) is 0. The third kappa shape index (κ3) is 4.08. The van der Waals surface area contributed by atoms with Crippen molar-refractivity contribution in [2.24, 2.45) is 5.92 Å². The van der Waals surface area contributed by atoms with Gasteiger partial charge in [0.05, 0.1) is 0 Å². The normalized spacial score (nSPS) is 30.0. The van der Waals surface area contributed by atoms with Crippen molar-refractivity contribution in [2.45, 2.75) is 51.1 Å². The Morgan fingerprint density at radius 1 is 1.20 bits per heavy atom. The molecule has 0 amide bonds. The predicted octanol–water partition coefficient (Wildman–Crippen LogP) is 1.39. The zero-order chi connectivity index (χ0) is 17.6. The lowest BCUT2D eigenvalue weighted by Gasteiger charge is -2.40. The van der Waals surface area contributed by atoms with Crippen molar-refractivity contribution in [2.75, 3.05) is 39.3 Å². The van der Waals surface area contributed by atoms with Crippen LogP contribution in [0.2, 0.25) is 0 Å². The molecule has 0 aromatic heterocycles. The Labute approximate surface area is 151 Å². The molecule has 3 saturated heterocycles. The van der Waals surface area contributed by atoms with Gasteiger partial charge in [-0.3, -0.25) is 0 Å². The van der Waals surface area contributed by atoms with Gasteiger partial charge in [0.25, 0.3) is 0 Å². The van der Waals surface area contributed by atoms with E-state index in [1.807, 2.05) is 0 Å². The summed E-state index contributed by atoms with van der Waals surface area (Å²) in [6.45, 7) is 8.57. The molecule has 25 heavy (non-hydrogen) atoms. The molecule has 3 aliphatic heterocycles. The largest absolute Gasteiger partial charge is 0.368 e. The Bertz CT molecular complexity index is 555. The van der Waals surface area contributed by atoms with Crippen molar-refractivity contribution >= 4 is 0 Å². The first-order valence-corrected chi connectivity index (χ1v) is 9.74. The van der Waals surface area contributed by atoms with Gasteiger partial charge < -0.3 is 20.4 Å². The number of nitrogens with zero attached hydrogens (tertiary/aromatic N) is 4. The number of rotatable bonds is 5. The summed E-state index contributed by atoms with van der Waals surface area (Å²) >= 11 is 0. The molecule has 0 radical (unpaired) electrons. The van der Waals surface area contributed by atoms with Gasteiger partial charge in [0.15, 0.2) is 5.57 Å². The van der Waals surface area contributed by atoms with Crippen LogP contribution in [0.4, 0.5) is 0 Å². The minimum Gasteiger partial charge on any atom is -0.368 e. The van der Waals surface area contributed by atoms with Crippen molar-refractivity contribution in [1.82, 2.24) is 20.4 Å². The third-order valence-corrected chi connectivity index (χ3v) is 6.07. The highest BCUT2D eigenvalue weighted by Gasteiger charge is 2.34. The van der Waals surface area contributed by atoms with E-state index in [9.17, 15) is 10.5 Å². The van der Waals surface area contributed by atoms with Gasteiger partial charge in [-0.2, -0.15) is 10.5 Å². The lowest BCUT2D eigenvalue weighted by atomic mass is 9.88. The Hall–Kier alpha value is -1.76. The van der Waals surface area contributed by atoms with E-state index in [0.29, 0.717) is 12.0 Å². The van der Waals surface area contributed by atoms with Gasteiger partial charge in [-0.25, -0.2) is 0 Å². The summed E-state index contributed by atoms with van der Waals surface area (Å²) in [6.07, 6.45) is 6.20. The summed E-state index contributed by atoms with van der Waals surface area (Å²) in [5.74, 6) is 1.34. The highest BCUT2D eigenvalue weighted by Crippen LogP contribution is 2.28. The molecule has 3 rings (SSSR count). The van der Waals surface area contributed by atoms with Crippen LogP contribution in [0.5, 0.6) is 0 Å². The maximum atomic E-state index is 9.24. The quantitative estimate of drug-likeness (QED) is 0.735. The molecule has 2 N–H and O–H groups in total. The number of nitrogens with one attached hydrogen (secondary N) is 2. The molecule has 0 bridgehead atoms. The summed E-state index contributed by atoms with van der Waals surface area (Å²) in [5.41, 5.74) is 0.223. The Balaban J connectivity index is 1.62. The number of hydrogen-bond acceptors (Lipinski definition) is 6. The molecule has 3 fully saturated rings. The van der Waals surface area contributed by atoms with Gasteiger partial charge >= 0.3 is 0 Å². The average molecular weight is 342 g/mol. The van der Waals surface area contributed by atoms with E-state index in [4.69, 9.17) is 0 Å². The van der Waals surface area contributed by atoms with Gasteiger partial charge in [-0.15, -0.1) is 0 Å². The van der Waals surface area contributed by atoms with Crippen molar-refractivity contribution in [3.8, 4) is 12.1 Å². The summed E-state index contributed by atoms with van der Waals surface area (Å²) in [4.78, 5) is 4.92. The average Bonchev–Trinajstić information content (AvgIpc) is 3.26. The van der Waals surface area contributed by atoms with Crippen molar-refractivity contribution in [1.29, 1.82) is 10.5 Å². The Morgan fingerprint density at radius 2 is 2.04 bits per heavy atom. The van der Waals surface area contributed by atoms with E-state index in [1.54, 1.807) is 0 Å². The van der Waals surface area contributed by atoms with Crippen LogP contribution in [0.25, 0.3) is 0 Å². The third-order valence-electron chi connectivity index (χ3n) is 6.07. The fraction of sp³-hybridized carbons (Fsp3) is 0.789. The second kappa shape index (κ2) is 8.56. The fourth-order valence-corrected chi connectivity index (χ4v) is 4.70. The number of nitriles is 2. The maximum Gasteiger partial charge on any atom is 0.169 e. The topological polar surface area (TPSA) is 78.1 Å². The van der Waals surface area contributed by atoms with Crippen LogP contribution in [-0.2, 0) is 0 Å². The summed E-state index contributed by atoms with van der Waals surface area (Å²) in [6, 6.07) is 5.28. The predicted molar refractivity (Wildman–Crippen MR) is 97.2 cm³/mol. The first-order chi connectivity index (χ1) is 12.2. The molecule has 3 heterocycles. The van der Waals surface area contributed by atoms with E-state index in [0.717, 1.165) is 44.5 Å². The molecule has 3 aliphatic rings. The second-order valence-electron chi connectivity index (χ2n) is 7.56. The molecule has 0 spiro atoms. The van der Waals surface area contributed by atoms with Gasteiger partial charge in [-0.05, 0) is 71.1 Å². The van der Waals surface area contributed by atoms with Gasteiger partial charge in [-0.1, -0.05) is 0 Å². The molecule has 0 saturated carbocycles. The van der Waals surface area contributed by atoms with Crippen molar-refractivity contribution in [3.63, 3.8) is 0 Å². The van der Waals surface area contributed by atoms with Crippen LogP contribution >= 0.6 is 0 Å². The van der Waals surface area contributed by atoms with Gasteiger partial charge in [0.1, 0.15) is 18.0 Å². The fourth-order valence-electron chi connectivity index (χ4n) is 4.70. The van der Waals surface area contributed by atoms with Crippen LogP contribution < -0.4 is 10.6 Å². The van der Waals surface area contributed by atoms with Gasteiger partial charge in [0.2, 0.25) is 0 Å². The first-order valence-electron chi connectivity index (χ1n) is 9.74. The van der Waals surface area contributed by atoms with Crippen LogP contribution in [0.15, 0.2) is 11.4 Å². The van der Waals surface area contributed by atoms with Gasteiger partial charge in [0, 0.05) is 25.2 Å². The number of likely N-dealkylation sites (tertiary alicyclic amines) is 1. The second-order valence-corrected chi connectivity index (χ2v) is 7.56. The molecule has 6 heteroatoms. The molecule has 3 atom stereocenters. The number of hydrogen-bond donors (Lipinski definition) is 2. The van der Waals surface area contributed by atoms with Crippen LogP contribution in [-0.4, -0.2) is 61.2 Å². The number of allylic oxidation sites excluding steroid dienone is 1. The molecule has 0 aromatic carbocycles. The molecular formula is C19H30N6.